The smallest absolute Gasteiger partial charge is 0.226 e. The van der Waals surface area contributed by atoms with Crippen molar-refractivity contribution in [1.82, 2.24) is 29.8 Å². The van der Waals surface area contributed by atoms with E-state index < -0.39 is 0 Å². The van der Waals surface area contributed by atoms with Gasteiger partial charge in [0.25, 0.3) is 0 Å². The Kier molecular flexibility index (Phi) is 7.88. The van der Waals surface area contributed by atoms with E-state index in [1.54, 1.807) is 0 Å². The van der Waals surface area contributed by atoms with E-state index in [9.17, 15) is 0 Å². The van der Waals surface area contributed by atoms with Crippen molar-refractivity contribution < 1.29 is 0 Å². The van der Waals surface area contributed by atoms with Crippen LogP contribution in [0.1, 0.15) is 64.3 Å². The maximum absolute atomic E-state index is 6.22. The summed E-state index contributed by atoms with van der Waals surface area (Å²) in [7, 11) is 3.75. The number of hydrogen-bond donors (Lipinski definition) is 2. The molecule has 2 fully saturated rings. The van der Waals surface area contributed by atoms with Crippen LogP contribution in [-0.2, 0) is 0 Å². The molecule has 3 heterocycles. The molecule has 7 nitrogen and oxygen atoms in total. The van der Waals surface area contributed by atoms with Gasteiger partial charge in [-0.15, -0.1) is 0 Å². The van der Waals surface area contributed by atoms with Crippen molar-refractivity contribution in [2.75, 3.05) is 32.6 Å². The predicted octanol–water partition coefficient (Wildman–Crippen LogP) is 4.27. The molecule has 0 aromatic carbocycles. The molecule has 1 saturated heterocycles. The van der Waals surface area contributed by atoms with Crippen LogP contribution in [0.4, 0.5) is 5.82 Å². The van der Waals surface area contributed by atoms with Gasteiger partial charge >= 0.3 is 0 Å². The molecule has 1 aliphatic heterocycles. The van der Waals surface area contributed by atoms with Crippen LogP contribution in [0, 0.1) is 5.92 Å². The van der Waals surface area contributed by atoms with Crippen molar-refractivity contribution in [1.29, 1.82) is 0 Å². The zero-order valence-corrected chi connectivity index (χ0v) is 18.2. The van der Waals surface area contributed by atoms with E-state index >= 15 is 0 Å². The van der Waals surface area contributed by atoms with Crippen LogP contribution in [-0.4, -0.2) is 51.7 Å². The molecule has 8 heteroatoms. The van der Waals surface area contributed by atoms with E-state index in [1.165, 1.54) is 51.4 Å². The highest BCUT2D eigenvalue weighted by Crippen LogP contribution is 2.33. The third-order valence-corrected chi connectivity index (χ3v) is 5.86. The summed E-state index contributed by atoms with van der Waals surface area (Å²) in [4.78, 5) is 13.5. The van der Waals surface area contributed by atoms with E-state index in [2.05, 4.69) is 42.2 Å². The summed E-state index contributed by atoms with van der Waals surface area (Å²) in [6.07, 6.45) is 11.9. The van der Waals surface area contributed by atoms with Gasteiger partial charge in [0.2, 0.25) is 5.28 Å². The minimum Gasteiger partial charge on any atom is -0.323 e. The van der Waals surface area contributed by atoms with Gasteiger partial charge in [-0.25, -0.2) is 9.99 Å². The number of hydrogen-bond acceptors (Lipinski definition) is 6. The average Bonchev–Trinajstić information content (AvgIpc) is 3.33. The third-order valence-electron chi connectivity index (χ3n) is 5.69. The zero-order chi connectivity index (χ0) is 19.9. The molecular weight excluding hydrogens is 374 g/mol. The number of hydrazine groups is 1. The second-order valence-electron chi connectivity index (χ2n) is 7.93. The highest BCUT2D eigenvalue weighted by Gasteiger charge is 2.23. The molecule has 0 radical (unpaired) electrons. The standard InChI is InChI=1S/C18H27ClN6.C2H7N/c1-2-5-13-8-10-24(11-9-13)23-16-15-17(22-18(19)21-16)25(12-20-15)14-6-3-4-7-14;1-3-2/h12-14H,2-11H2,1H3,(H,21,22,23);3H,1-2H3. The highest BCUT2D eigenvalue weighted by atomic mass is 35.5. The fourth-order valence-corrected chi connectivity index (χ4v) is 4.47. The second-order valence-corrected chi connectivity index (χ2v) is 8.27. The maximum atomic E-state index is 6.22. The van der Waals surface area contributed by atoms with E-state index in [1.807, 2.05) is 20.4 Å². The van der Waals surface area contributed by atoms with Crippen LogP contribution < -0.4 is 10.7 Å². The number of fused-ring (bicyclic) bond motifs is 1. The SMILES string of the molecule is CCCC1CCN(Nc2nc(Cl)nc3c2ncn3C2CCCC2)CC1.CNC. The van der Waals surface area contributed by atoms with Crippen LogP contribution in [0.15, 0.2) is 6.33 Å². The Morgan fingerprint density at radius 2 is 1.79 bits per heavy atom. The summed E-state index contributed by atoms with van der Waals surface area (Å²) in [6, 6.07) is 0.494. The van der Waals surface area contributed by atoms with Gasteiger partial charge in [-0.2, -0.15) is 9.97 Å². The zero-order valence-electron chi connectivity index (χ0n) is 17.4. The monoisotopic (exact) mass is 407 g/mol. The maximum Gasteiger partial charge on any atom is 0.226 e. The first-order valence-corrected chi connectivity index (χ1v) is 11.0. The molecule has 1 saturated carbocycles. The first-order chi connectivity index (χ1) is 13.7. The minimum absolute atomic E-state index is 0.288. The van der Waals surface area contributed by atoms with Crippen LogP contribution in [0.2, 0.25) is 5.28 Å². The fourth-order valence-electron chi connectivity index (χ4n) is 4.31. The first-order valence-electron chi connectivity index (χ1n) is 10.7. The normalized spacial score (nSPS) is 19.0. The van der Waals surface area contributed by atoms with E-state index in [-0.39, 0.29) is 5.28 Å². The molecule has 28 heavy (non-hydrogen) atoms. The van der Waals surface area contributed by atoms with Crippen molar-refractivity contribution in [2.24, 2.45) is 5.92 Å². The van der Waals surface area contributed by atoms with E-state index in [4.69, 9.17) is 11.6 Å². The molecule has 2 N–H and O–H groups in total. The number of nitrogens with zero attached hydrogens (tertiary/aromatic N) is 5. The number of imidazole rings is 1. The summed E-state index contributed by atoms with van der Waals surface area (Å²) in [6.45, 7) is 4.35. The van der Waals surface area contributed by atoms with E-state index in [0.717, 1.165) is 36.0 Å². The van der Waals surface area contributed by atoms with Gasteiger partial charge in [0, 0.05) is 19.1 Å². The molecule has 0 spiro atoms. The Bertz CT molecular complexity index is 733. The number of aromatic nitrogens is 4. The fraction of sp³-hybridized carbons (Fsp3) is 0.750. The van der Waals surface area contributed by atoms with Crippen LogP contribution in [0.25, 0.3) is 11.2 Å². The molecule has 2 aliphatic rings. The van der Waals surface area contributed by atoms with Crippen molar-refractivity contribution in [2.45, 2.75) is 64.3 Å². The van der Waals surface area contributed by atoms with Crippen LogP contribution >= 0.6 is 11.6 Å². The lowest BCUT2D eigenvalue weighted by Gasteiger charge is -2.32. The lowest BCUT2D eigenvalue weighted by atomic mass is 9.93. The molecule has 4 rings (SSSR count). The highest BCUT2D eigenvalue weighted by molar-refractivity contribution is 6.28. The molecular formula is C20H34ClN7. The quantitative estimate of drug-likeness (QED) is 0.721. The van der Waals surface area contributed by atoms with Gasteiger partial charge < -0.3 is 15.3 Å². The number of halogens is 1. The third kappa shape index (κ3) is 5.13. The Morgan fingerprint density at radius 1 is 1.11 bits per heavy atom. The summed E-state index contributed by atoms with van der Waals surface area (Å²) in [5, 5.41) is 5.29. The molecule has 156 valence electrons. The molecule has 0 bridgehead atoms. The first kappa shape index (κ1) is 21.3. The number of anilines is 1. The molecule has 0 unspecified atom stereocenters. The van der Waals surface area contributed by atoms with Gasteiger partial charge in [-0.3, -0.25) is 0 Å². The van der Waals surface area contributed by atoms with Crippen LogP contribution in [0.3, 0.4) is 0 Å². The van der Waals surface area contributed by atoms with Gasteiger partial charge in [0.15, 0.2) is 17.0 Å². The number of rotatable bonds is 5. The second kappa shape index (κ2) is 10.4. The van der Waals surface area contributed by atoms with Gasteiger partial charge in [0.05, 0.1) is 6.33 Å². The summed E-state index contributed by atoms with van der Waals surface area (Å²) >= 11 is 6.22. The Morgan fingerprint density at radius 3 is 2.43 bits per heavy atom. The minimum atomic E-state index is 0.288. The molecule has 2 aromatic rings. The molecule has 0 amide bonds. The lowest BCUT2D eigenvalue weighted by molar-refractivity contribution is 0.209. The molecule has 2 aromatic heterocycles. The predicted molar refractivity (Wildman–Crippen MR) is 116 cm³/mol. The van der Waals surface area contributed by atoms with Gasteiger partial charge in [-0.05, 0) is 57.3 Å². The topological polar surface area (TPSA) is 70.9 Å². The Balaban J connectivity index is 0.000000706. The lowest BCUT2D eigenvalue weighted by Crippen LogP contribution is -2.38. The van der Waals surface area contributed by atoms with Crippen molar-refractivity contribution in [3.8, 4) is 0 Å². The number of nitrogens with one attached hydrogen (secondary N) is 2. The number of piperidine rings is 1. The van der Waals surface area contributed by atoms with Crippen molar-refractivity contribution >= 4 is 28.6 Å². The van der Waals surface area contributed by atoms with Gasteiger partial charge in [0.1, 0.15) is 0 Å². The average molecular weight is 408 g/mol. The van der Waals surface area contributed by atoms with Crippen LogP contribution in [0.5, 0.6) is 0 Å². The molecule has 0 atom stereocenters. The van der Waals surface area contributed by atoms with E-state index in [0.29, 0.717) is 6.04 Å². The van der Waals surface area contributed by atoms with Crippen molar-refractivity contribution in [3.63, 3.8) is 0 Å². The van der Waals surface area contributed by atoms with Crippen molar-refractivity contribution in [3.05, 3.63) is 11.6 Å². The Hall–Kier alpha value is -1.44. The summed E-state index contributed by atoms with van der Waals surface area (Å²) in [5.74, 6) is 1.60. The summed E-state index contributed by atoms with van der Waals surface area (Å²) in [5.41, 5.74) is 5.14. The summed E-state index contributed by atoms with van der Waals surface area (Å²) < 4.78 is 2.19. The largest absolute Gasteiger partial charge is 0.323 e. The molecule has 1 aliphatic carbocycles. The van der Waals surface area contributed by atoms with Gasteiger partial charge in [-0.1, -0.05) is 32.6 Å². The Labute approximate surface area is 173 Å².